The zero-order chi connectivity index (χ0) is 26.8. The lowest BCUT2D eigenvalue weighted by Gasteiger charge is -2.67. The quantitative estimate of drug-likeness (QED) is 0.305. The Morgan fingerprint density at radius 2 is 0.743 bits per heavy atom. The maximum absolute atomic E-state index is 17.0. The van der Waals surface area contributed by atoms with E-state index in [4.69, 9.17) is 0 Å². The molecule has 35 heavy (non-hydrogen) atoms. The summed E-state index contributed by atoms with van der Waals surface area (Å²) < 4.78 is 208. The van der Waals surface area contributed by atoms with Crippen LogP contribution in [-0.4, -0.2) is 24.7 Å². The maximum atomic E-state index is 17.0. The fourth-order valence-corrected chi connectivity index (χ4v) is 8.65. The van der Waals surface area contributed by atoms with Gasteiger partial charge in [0.15, 0.2) is 0 Å². The first-order chi connectivity index (χ1) is 15.4. The Hall–Kier alpha value is -2.27. The van der Waals surface area contributed by atoms with Gasteiger partial charge in [0.25, 0.3) is 0 Å². The third-order valence-electron chi connectivity index (χ3n) is 5.65. The van der Waals surface area contributed by atoms with Crippen LogP contribution in [0.2, 0.25) is 0 Å². The van der Waals surface area contributed by atoms with Crippen molar-refractivity contribution in [3.63, 3.8) is 0 Å². The third kappa shape index (κ3) is 2.61. The lowest BCUT2D eigenvalue weighted by atomic mass is 9.92. The van der Waals surface area contributed by atoms with Crippen molar-refractivity contribution in [1.82, 2.24) is 0 Å². The van der Waals surface area contributed by atoms with Crippen LogP contribution in [0, 0.1) is 0 Å². The molecule has 0 N–H and O–H groups in total. The van der Waals surface area contributed by atoms with Crippen molar-refractivity contribution < 1.29 is 68.8 Å². The zero-order valence-electron chi connectivity index (χ0n) is 16.1. The van der Waals surface area contributed by atoms with Crippen molar-refractivity contribution in [2.75, 3.05) is 0 Å². The van der Waals surface area contributed by atoms with E-state index in [1.807, 2.05) is 0 Å². The molecule has 2 aliphatic rings. The first-order valence-electron chi connectivity index (χ1n) is 8.88. The van der Waals surface area contributed by atoms with Gasteiger partial charge in [-0.05, 0) is 21.8 Å². The van der Waals surface area contributed by atoms with E-state index in [1.54, 1.807) is 0 Å². The Kier molecular flexibility index (Phi) is 4.42. The van der Waals surface area contributed by atoms with Crippen LogP contribution in [0.25, 0.3) is 0 Å². The average molecular weight is 554 g/mol. The molecule has 0 saturated carbocycles. The lowest BCUT2D eigenvalue weighted by Crippen LogP contribution is -2.57. The highest BCUT2D eigenvalue weighted by molar-refractivity contribution is 8.50. The molecule has 0 saturated heterocycles. The molecule has 0 radical (unpaired) electrons. The summed E-state index contributed by atoms with van der Waals surface area (Å²) in [4.78, 5) is -5.07. The fraction of sp³-hybridized carbons (Fsp3) is 0.333. The van der Waals surface area contributed by atoms with Gasteiger partial charge in [-0.1, -0.05) is 44.2 Å². The SMILES string of the molecule is FC(F)(F)C1(C(F)(F)F)OS2(F)(F)(OC(C(F)(F)F)(C(F)(F)F)c3ccccc32)c2ccccc21. The van der Waals surface area contributed by atoms with E-state index in [0.717, 1.165) is 0 Å². The van der Waals surface area contributed by atoms with E-state index < -0.39 is 66.5 Å². The summed E-state index contributed by atoms with van der Waals surface area (Å²) in [5, 5.41) is 0. The number of hydrogen-bond acceptors (Lipinski definition) is 2. The van der Waals surface area contributed by atoms with E-state index in [0.29, 0.717) is 24.3 Å². The molecule has 0 atom stereocenters. The van der Waals surface area contributed by atoms with E-state index >= 15 is 7.77 Å². The number of fused-ring (bicyclic) bond motifs is 4. The van der Waals surface area contributed by atoms with Gasteiger partial charge in [0, 0.05) is 11.1 Å². The largest absolute Gasteiger partial charge is 0.433 e. The first kappa shape index (κ1) is 25.8. The molecule has 0 bridgehead atoms. The standard InChI is InChI=1S/C18H8F14O2S/c19-15(20,21)13(16(22,23)24)9-5-1-3-7-11(9)35(31,32,33-13)12-8-4-2-6-10(12)14(34-35,17(25,26)27)18(28,29)30/h1-8H. The van der Waals surface area contributed by atoms with Gasteiger partial charge < -0.3 is 0 Å². The molecule has 2 heterocycles. The summed E-state index contributed by atoms with van der Waals surface area (Å²) in [5.74, 6) is 0. The van der Waals surface area contributed by atoms with E-state index in [-0.39, 0.29) is 24.3 Å². The summed E-state index contributed by atoms with van der Waals surface area (Å²) in [6, 6.07) is 0.852. The maximum Gasteiger partial charge on any atom is 0.433 e. The van der Waals surface area contributed by atoms with Crippen LogP contribution in [0.4, 0.5) is 60.5 Å². The highest BCUT2D eigenvalue weighted by Crippen LogP contribution is 3.11. The number of hydrogen-bond donors (Lipinski definition) is 0. The predicted molar refractivity (Wildman–Crippen MR) is 89.0 cm³/mol. The third-order valence-corrected chi connectivity index (χ3v) is 9.41. The molecule has 0 unspecified atom stereocenters. The lowest BCUT2D eigenvalue weighted by molar-refractivity contribution is -0.378. The van der Waals surface area contributed by atoms with Crippen molar-refractivity contribution in [3.8, 4) is 0 Å². The molecule has 4 rings (SSSR count). The van der Waals surface area contributed by atoms with Crippen molar-refractivity contribution in [3.05, 3.63) is 59.7 Å². The Bertz CT molecular complexity index is 1110. The van der Waals surface area contributed by atoms with Crippen LogP contribution in [0.1, 0.15) is 11.1 Å². The number of halogens is 14. The Morgan fingerprint density at radius 1 is 0.486 bits per heavy atom. The Balaban J connectivity index is 2.30. The smallest absolute Gasteiger partial charge is 0.227 e. The predicted octanol–water partition coefficient (Wildman–Crippen LogP) is 8.28. The van der Waals surface area contributed by atoms with Crippen molar-refractivity contribution >= 4 is 9.63 Å². The van der Waals surface area contributed by atoms with Crippen molar-refractivity contribution in [2.45, 2.75) is 45.7 Å². The highest BCUT2D eigenvalue weighted by Gasteiger charge is 2.93. The molecule has 17 heteroatoms. The normalized spacial score (nSPS) is 25.7. The van der Waals surface area contributed by atoms with Gasteiger partial charge in [-0.15, -0.1) is 0 Å². The minimum absolute atomic E-state index is 0.178. The van der Waals surface area contributed by atoms with Crippen molar-refractivity contribution in [2.24, 2.45) is 0 Å². The second-order valence-corrected chi connectivity index (χ2v) is 11.1. The van der Waals surface area contributed by atoms with Gasteiger partial charge in [0.05, 0.1) is 9.79 Å². The second kappa shape index (κ2) is 5.99. The van der Waals surface area contributed by atoms with Crippen LogP contribution in [0.5, 0.6) is 0 Å². The van der Waals surface area contributed by atoms with Gasteiger partial charge in [-0.25, -0.2) is 8.37 Å². The number of benzene rings is 2. The zero-order valence-corrected chi connectivity index (χ0v) is 17.0. The summed E-state index contributed by atoms with van der Waals surface area (Å²) in [7, 11) is -9.91. The molecule has 0 fully saturated rings. The summed E-state index contributed by atoms with van der Waals surface area (Å²) in [6.45, 7) is 0. The minimum Gasteiger partial charge on any atom is -0.227 e. The molecule has 0 amide bonds. The number of rotatable bonds is 0. The van der Waals surface area contributed by atoms with Crippen LogP contribution in [0.3, 0.4) is 0 Å². The second-order valence-electron chi connectivity index (χ2n) is 7.63. The van der Waals surface area contributed by atoms with Crippen LogP contribution in [-0.2, 0) is 19.6 Å². The Morgan fingerprint density at radius 3 is 1.00 bits per heavy atom. The molecule has 0 aliphatic carbocycles. The fourth-order valence-electron chi connectivity index (χ4n) is 4.32. The molecule has 2 aromatic rings. The summed E-state index contributed by atoms with van der Waals surface area (Å²) in [6.07, 6.45) is -27.4. The molecule has 2 aromatic carbocycles. The highest BCUT2D eigenvalue weighted by atomic mass is 32.4. The number of alkyl halides is 12. The van der Waals surface area contributed by atoms with Crippen molar-refractivity contribution in [1.29, 1.82) is 0 Å². The van der Waals surface area contributed by atoms with Crippen LogP contribution in [0.15, 0.2) is 58.3 Å². The topological polar surface area (TPSA) is 18.5 Å². The Labute approximate surface area is 184 Å². The molecule has 2 aliphatic heterocycles. The van der Waals surface area contributed by atoms with Gasteiger partial charge in [0.2, 0.25) is 0 Å². The van der Waals surface area contributed by atoms with Gasteiger partial charge in [0.1, 0.15) is 0 Å². The van der Waals surface area contributed by atoms with Gasteiger partial charge >= 0.3 is 35.9 Å². The summed E-state index contributed by atoms with van der Waals surface area (Å²) >= 11 is 0. The van der Waals surface area contributed by atoms with E-state index in [9.17, 15) is 52.7 Å². The van der Waals surface area contributed by atoms with Crippen LogP contribution < -0.4 is 0 Å². The van der Waals surface area contributed by atoms with E-state index in [1.165, 1.54) is 0 Å². The van der Waals surface area contributed by atoms with Gasteiger partial charge in [-0.3, -0.25) is 0 Å². The molecule has 1 spiro atoms. The molecular formula is C18H8F14O2S. The molecule has 0 aromatic heterocycles. The van der Waals surface area contributed by atoms with Gasteiger partial charge in [-0.2, -0.15) is 52.7 Å². The van der Waals surface area contributed by atoms with Crippen LogP contribution >= 0.6 is 9.63 Å². The molecule has 196 valence electrons. The first-order valence-corrected chi connectivity index (χ1v) is 11.0. The molecular weight excluding hydrogens is 546 g/mol. The minimum atomic E-state index is -9.91. The summed E-state index contributed by atoms with van der Waals surface area (Å²) in [5.41, 5.74) is -17.0. The van der Waals surface area contributed by atoms with E-state index in [2.05, 4.69) is 8.37 Å². The molecule has 2 nitrogen and oxygen atoms in total. The monoisotopic (exact) mass is 554 g/mol. The average Bonchev–Trinajstić information content (AvgIpc) is 3.04.